The SMILES string of the molecule is COc1ccc(OCC(=O)NNC(=O)c2ccc(C(C)C)cc2)cc1. The van der Waals surface area contributed by atoms with Crippen LogP contribution in [0.1, 0.15) is 35.7 Å². The van der Waals surface area contributed by atoms with E-state index in [2.05, 4.69) is 24.7 Å². The quantitative estimate of drug-likeness (QED) is 0.791. The van der Waals surface area contributed by atoms with E-state index in [0.29, 0.717) is 23.0 Å². The molecule has 2 amide bonds. The van der Waals surface area contributed by atoms with Crippen LogP contribution in [-0.2, 0) is 4.79 Å². The Kier molecular flexibility index (Phi) is 6.39. The molecule has 2 aromatic rings. The second kappa shape index (κ2) is 8.73. The van der Waals surface area contributed by atoms with Gasteiger partial charge in [-0.05, 0) is 47.9 Å². The molecule has 0 unspecified atom stereocenters. The van der Waals surface area contributed by atoms with Crippen molar-refractivity contribution in [3.8, 4) is 11.5 Å². The van der Waals surface area contributed by atoms with E-state index < -0.39 is 5.91 Å². The monoisotopic (exact) mass is 342 g/mol. The molecule has 0 spiro atoms. The third-order valence-corrected chi connectivity index (χ3v) is 3.58. The molecule has 0 aliphatic heterocycles. The summed E-state index contributed by atoms with van der Waals surface area (Å²) in [5.41, 5.74) is 6.31. The first-order valence-corrected chi connectivity index (χ1v) is 7.95. The predicted molar refractivity (Wildman–Crippen MR) is 94.6 cm³/mol. The van der Waals surface area contributed by atoms with Crippen molar-refractivity contribution in [2.45, 2.75) is 19.8 Å². The van der Waals surface area contributed by atoms with E-state index in [1.807, 2.05) is 12.1 Å². The molecule has 0 aromatic heterocycles. The minimum Gasteiger partial charge on any atom is -0.497 e. The summed E-state index contributed by atoms with van der Waals surface area (Å²) in [6.07, 6.45) is 0. The highest BCUT2D eigenvalue weighted by molar-refractivity contribution is 5.95. The number of methoxy groups -OCH3 is 1. The van der Waals surface area contributed by atoms with Gasteiger partial charge in [0.15, 0.2) is 6.61 Å². The zero-order chi connectivity index (χ0) is 18.2. The first-order chi connectivity index (χ1) is 12.0. The Labute approximate surface area is 147 Å². The second-order valence-corrected chi connectivity index (χ2v) is 5.74. The van der Waals surface area contributed by atoms with E-state index in [1.54, 1.807) is 43.5 Å². The van der Waals surface area contributed by atoms with Crippen LogP contribution < -0.4 is 20.3 Å². The van der Waals surface area contributed by atoms with Crippen molar-refractivity contribution in [3.63, 3.8) is 0 Å². The maximum Gasteiger partial charge on any atom is 0.276 e. The Morgan fingerprint density at radius 1 is 0.920 bits per heavy atom. The number of benzene rings is 2. The van der Waals surface area contributed by atoms with Crippen molar-refractivity contribution in [1.82, 2.24) is 10.9 Å². The van der Waals surface area contributed by atoms with Crippen LogP contribution in [0.3, 0.4) is 0 Å². The number of hydrazine groups is 1. The average molecular weight is 342 g/mol. The average Bonchev–Trinajstić information content (AvgIpc) is 2.64. The maximum absolute atomic E-state index is 12.0. The topological polar surface area (TPSA) is 76.7 Å². The lowest BCUT2D eigenvalue weighted by Gasteiger charge is -2.10. The third kappa shape index (κ3) is 5.53. The lowest BCUT2D eigenvalue weighted by atomic mass is 10.0. The molecule has 0 fully saturated rings. The molecule has 0 aliphatic rings. The summed E-state index contributed by atoms with van der Waals surface area (Å²) in [5.74, 6) is 0.794. The van der Waals surface area contributed by atoms with Crippen molar-refractivity contribution in [3.05, 3.63) is 59.7 Å². The molecule has 0 aliphatic carbocycles. The van der Waals surface area contributed by atoms with E-state index in [4.69, 9.17) is 9.47 Å². The Bertz CT molecular complexity index is 709. The highest BCUT2D eigenvalue weighted by Crippen LogP contribution is 2.17. The zero-order valence-electron chi connectivity index (χ0n) is 14.5. The molecule has 2 rings (SSSR count). The molecular weight excluding hydrogens is 320 g/mol. The molecule has 0 atom stereocenters. The molecule has 0 heterocycles. The number of carbonyl (C=O) groups is 2. The summed E-state index contributed by atoms with van der Waals surface area (Å²) in [6.45, 7) is 3.95. The molecule has 0 radical (unpaired) electrons. The summed E-state index contributed by atoms with van der Waals surface area (Å²) in [7, 11) is 1.57. The minimum absolute atomic E-state index is 0.209. The van der Waals surface area contributed by atoms with Gasteiger partial charge in [0.1, 0.15) is 11.5 Å². The smallest absolute Gasteiger partial charge is 0.276 e. The predicted octanol–water partition coefficient (Wildman–Crippen LogP) is 2.66. The first kappa shape index (κ1) is 18.3. The van der Waals surface area contributed by atoms with Gasteiger partial charge in [-0.1, -0.05) is 26.0 Å². The fraction of sp³-hybridized carbons (Fsp3) is 0.263. The Hall–Kier alpha value is -3.02. The molecule has 2 N–H and O–H groups in total. The first-order valence-electron chi connectivity index (χ1n) is 7.95. The highest BCUT2D eigenvalue weighted by atomic mass is 16.5. The van der Waals surface area contributed by atoms with Crippen LogP contribution in [0.5, 0.6) is 11.5 Å². The van der Waals surface area contributed by atoms with E-state index in [1.165, 1.54) is 0 Å². The van der Waals surface area contributed by atoms with E-state index in [9.17, 15) is 9.59 Å². The zero-order valence-corrected chi connectivity index (χ0v) is 14.5. The highest BCUT2D eigenvalue weighted by Gasteiger charge is 2.09. The molecule has 6 heteroatoms. The van der Waals surface area contributed by atoms with Gasteiger partial charge in [-0.15, -0.1) is 0 Å². The summed E-state index contributed by atoms with van der Waals surface area (Å²) >= 11 is 0. The van der Waals surface area contributed by atoms with Gasteiger partial charge in [0.05, 0.1) is 7.11 Å². The summed E-state index contributed by atoms with van der Waals surface area (Å²) in [6, 6.07) is 14.1. The van der Waals surface area contributed by atoms with E-state index in [0.717, 1.165) is 5.56 Å². The molecule has 0 bridgehead atoms. The van der Waals surface area contributed by atoms with Crippen molar-refractivity contribution in [1.29, 1.82) is 0 Å². The van der Waals surface area contributed by atoms with E-state index in [-0.39, 0.29) is 12.5 Å². The minimum atomic E-state index is -0.456. The number of nitrogens with one attached hydrogen (secondary N) is 2. The van der Waals surface area contributed by atoms with Crippen LogP contribution >= 0.6 is 0 Å². The summed E-state index contributed by atoms with van der Waals surface area (Å²) in [4.78, 5) is 23.7. The number of carbonyl (C=O) groups excluding carboxylic acids is 2. The number of ether oxygens (including phenoxy) is 2. The van der Waals surface area contributed by atoms with Gasteiger partial charge in [0.25, 0.3) is 11.8 Å². The van der Waals surface area contributed by atoms with Crippen LogP contribution in [0.25, 0.3) is 0 Å². The lowest BCUT2D eigenvalue weighted by Crippen LogP contribution is -2.43. The third-order valence-electron chi connectivity index (χ3n) is 3.58. The number of amides is 2. The van der Waals surface area contributed by atoms with E-state index >= 15 is 0 Å². The van der Waals surface area contributed by atoms with Crippen molar-refractivity contribution in [2.24, 2.45) is 0 Å². The van der Waals surface area contributed by atoms with Crippen molar-refractivity contribution in [2.75, 3.05) is 13.7 Å². The Morgan fingerprint density at radius 3 is 2.08 bits per heavy atom. The second-order valence-electron chi connectivity index (χ2n) is 5.74. The standard InChI is InChI=1S/C19H22N2O4/c1-13(2)14-4-6-15(7-5-14)19(23)21-20-18(22)12-25-17-10-8-16(24-3)9-11-17/h4-11,13H,12H2,1-3H3,(H,20,22)(H,21,23). The number of hydrogen-bond donors (Lipinski definition) is 2. The van der Waals surface area contributed by atoms with Crippen molar-refractivity contribution >= 4 is 11.8 Å². The van der Waals surface area contributed by atoms with Crippen LogP contribution in [0.2, 0.25) is 0 Å². The van der Waals surface area contributed by atoms with Gasteiger partial charge in [-0.25, -0.2) is 0 Å². The molecule has 25 heavy (non-hydrogen) atoms. The van der Waals surface area contributed by atoms with Gasteiger partial charge in [0.2, 0.25) is 0 Å². The Morgan fingerprint density at radius 2 is 1.52 bits per heavy atom. The molecule has 0 saturated carbocycles. The molecular formula is C19H22N2O4. The molecule has 2 aromatic carbocycles. The van der Waals surface area contributed by atoms with Crippen LogP contribution in [0.4, 0.5) is 0 Å². The normalized spacial score (nSPS) is 10.2. The van der Waals surface area contributed by atoms with Gasteiger partial charge in [0, 0.05) is 5.56 Å². The fourth-order valence-corrected chi connectivity index (χ4v) is 2.07. The van der Waals surface area contributed by atoms with Crippen LogP contribution in [0, 0.1) is 0 Å². The fourth-order valence-electron chi connectivity index (χ4n) is 2.07. The largest absolute Gasteiger partial charge is 0.497 e. The molecule has 0 saturated heterocycles. The van der Waals surface area contributed by atoms with Crippen LogP contribution in [0.15, 0.2) is 48.5 Å². The van der Waals surface area contributed by atoms with Gasteiger partial charge in [-0.3, -0.25) is 20.4 Å². The van der Waals surface area contributed by atoms with Gasteiger partial charge in [-0.2, -0.15) is 0 Å². The number of hydrogen-bond acceptors (Lipinski definition) is 4. The molecule has 132 valence electrons. The van der Waals surface area contributed by atoms with Crippen molar-refractivity contribution < 1.29 is 19.1 Å². The van der Waals surface area contributed by atoms with Gasteiger partial charge < -0.3 is 9.47 Å². The lowest BCUT2D eigenvalue weighted by molar-refractivity contribution is -0.123. The Balaban J connectivity index is 1.77. The summed E-state index contributed by atoms with van der Waals surface area (Å²) in [5, 5.41) is 0. The summed E-state index contributed by atoms with van der Waals surface area (Å²) < 4.78 is 10.4. The maximum atomic E-state index is 12.0. The van der Waals surface area contributed by atoms with Crippen LogP contribution in [-0.4, -0.2) is 25.5 Å². The number of rotatable bonds is 6. The molecule has 6 nitrogen and oxygen atoms in total. The van der Waals surface area contributed by atoms with Gasteiger partial charge >= 0.3 is 0 Å².